The molecule has 0 spiro atoms. The molecule has 1 aliphatic rings. The molecule has 1 fully saturated rings. The number of hydrogen-bond acceptors (Lipinski definition) is 5. The smallest absolute Gasteiger partial charge is 0.122 e. The van der Waals surface area contributed by atoms with Gasteiger partial charge in [-0.25, -0.2) is 0 Å². The predicted octanol–water partition coefficient (Wildman–Crippen LogP) is 1.81. The van der Waals surface area contributed by atoms with Crippen LogP contribution in [0.1, 0.15) is 24.9 Å². The van der Waals surface area contributed by atoms with Gasteiger partial charge in [0.2, 0.25) is 0 Å². The lowest BCUT2D eigenvalue weighted by Gasteiger charge is -2.31. The normalized spacial score (nSPS) is 21.6. The summed E-state index contributed by atoms with van der Waals surface area (Å²) in [7, 11) is 3.33. The summed E-state index contributed by atoms with van der Waals surface area (Å²) < 4.78 is 16.4. The van der Waals surface area contributed by atoms with Crippen LogP contribution in [0.3, 0.4) is 0 Å². The second kappa shape index (κ2) is 7.64. The van der Waals surface area contributed by atoms with Gasteiger partial charge in [-0.1, -0.05) is 0 Å². The maximum atomic E-state index is 6.05. The maximum absolute atomic E-state index is 6.05. The Bertz CT molecular complexity index is 431. The van der Waals surface area contributed by atoms with E-state index in [1.807, 2.05) is 18.2 Å². The highest BCUT2D eigenvalue weighted by molar-refractivity contribution is 5.40. The van der Waals surface area contributed by atoms with Crippen molar-refractivity contribution in [1.29, 1.82) is 0 Å². The molecule has 0 aliphatic carbocycles. The van der Waals surface area contributed by atoms with E-state index in [0.29, 0.717) is 6.54 Å². The van der Waals surface area contributed by atoms with Gasteiger partial charge in [-0.2, -0.15) is 0 Å². The molecule has 5 heteroatoms. The highest BCUT2D eigenvalue weighted by atomic mass is 16.5. The molecule has 1 saturated heterocycles. The average Bonchev–Trinajstić information content (AvgIpc) is 2.72. The van der Waals surface area contributed by atoms with E-state index in [4.69, 9.17) is 19.9 Å². The van der Waals surface area contributed by atoms with Gasteiger partial charge in [0.05, 0.1) is 20.3 Å². The number of nitrogens with zero attached hydrogens (tertiary/aromatic N) is 1. The van der Waals surface area contributed by atoms with Gasteiger partial charge in [0.15, 0.2) is 0 Å². The zero-order valence-corrected chi connectivity index (χ0v) is 13.2. The van der Waals surface area contributed by atoms with Crippen LogP contribution in [-0.2, 0) is 4.74 Å². The SMILES string of the molecule is COc1cc(OC)cc(C(CN)N2CCCOC(C)C2)c1. The van der Waals surface area contributed by atoms with E-state index in [1.54, 1.807) is 14.2 Å². The molecule has 118 valence electrons. The van der Waals surface area contributed by atoms with Crippen molar-refractivity contribution >= 4 is 0 Å². The molecule has 2 atom stereocenters. The van der Waals surface area contributed by atoms with Crippen LogP contribution in [0.4, 0.5) is 0 Å². The molecule has 0 aromatic heterocycles. The molecule has 2 rings (SSSR count). The molecule has 1 aromatic carbocycles. The van der Waals surface area contributed by atoms with Gasteiger partial charge in [0, 0.05) is 38.3 Å². The molecule has 1 aliphatic heterocycles. The van der Waals surface area contributed by atoms with Crippen LogP contribution in [0.15, 0.2) is 18.2 Å². The highest BCUT2D eigenvalue weighted by Gasteiger charge is 2.24. The fourth-order valence-corrected chi connectivity index (χ4v) is 2.83. The summed E-state index contributed by atoms with van der Waals surface area (Å²) in [4.78, 5) is 2.39. The molecule has 1 aromatic rings. The summed E-state index contributed by atoms with van der Waals surface area (Å²) in [5.74, 6) is 1.59. The summed E-state index contributed by atoms with van der Waals surface area (Å²) in [5.41, 5.74) is 7.18. The fourth-order valence-electron chi connectivity index (χ4n) is 2.83. The van der Waals surface area contributed by atoms with E-state index >= 15 is 0 Å². The summed E-state index contributed by atoms with van der Waals surface area (Å²) in [5, 5.41) is 0. The van der Waals surface area contributed by atoms with Crippen molar-refractivity contribution in [2.45, 2.75) is 25.5 Å². The third-order valence-electron chi connectivity index (χ3n) is 3.91. The number of hydrogen-bond donors (Lipinski definition) is 1. The van der Waals surface area contributed by atoms with E-state index in [2.05, 4.69) is 11.8 Å². The predicted molar refractivity (Wildman–Crippen MR) is 82.9 cm³/mol. The lowest BCUT2D eigenvalue weighted by atomic mass is 10.0. The quantitative estimate of drug-likeness (QED) is 0.897. The van der Waals surface area contributed by atoms with Gasteiger partial charge in [-0.15, -0.1) is 0 Å². The average molecular weight is 294 g/mol. The summed E-state index contributed by atoms with van der Waals surface area (Å²) in [6.45, 7) is 5.37. The van der Waals surface area contributed by atoms with Crippen molar-refractivity contribution < 1.29 is 14.2 Å². The topological polar surface area (TPSA) is 57.0 Å². The number of benzene rings is 1. The van der Waals surface area contributed by atoms with Crippen LogP contribution in [0.2, 0.25) is 0 Å². The van der Waals surface area contributed by atoms with E-state index in [0.717, 1.165) is 43.2 Å². The molecule has 5 nitrogen and oxygen atoms in total. The van der Waals surface area contributed by atoms with Gasteiger partial charge in [0.1, 0.15) is 11.5 Å². The molecule has 0 saturated carbocycles. The number of rotatable bonds is 5. The van der Waals surface area contributed by atoms with E-state index < -0.39 is 0 Å². The van der Waals surface area contributed by atoms with Gasteiger partial charge < -0.3 is 19.9 Å². The van der Waals surface area contributed by atoms with Crippen LogP contribution < -0.4 is 15.2 Å². The third-order valence-corrected chi connectivity index (χ3v) is 3.91. The molecule has 2 N–H and O–H groups in total. The number of methoxy groups -OCH3 is 2. The second-order valence-corrected chi connectivity index (χ2v) is 5.43. The highest BCUT2D eigenvalue weighted by Crippen LogP contribution is 2.30. The Hall–Kier alpha value is -1.30. The Labute approximate surface area is 127 Å². The van der Waals surface area contributed by atoms with Gasteiger partial charge >= 0.3 is 0 Å². The Balaban J connectivity index is 2.26. The van der Waals surface area contributed by atoms with Crippen molar-refractivity contribution in [2.24, 2.45) is 5.73 Å². The number of nitrogens with two attached hydrogens (primary N) is 1. The molecule has 1 heterocycles. The summed E-state index contributed by atoms with van der Waals surface area (Å²) in [6.07, 6.45) is 1.26. The zero-order chi connectivity index (χ0) is 15.2. The summed E-state index contributed by atoms with van der Waals surface area (Å²) in [6, 6.07) is 6.11. The van der Waals surface area contributed by atoms with Crippen molar-refractivity contribution in [3.8, 4) is 11.5 Å². The van der Waals surface area contributed by atoms with Gasteiger partial charge in [0.25, 0.3) is 0 Å². The monoisotopic (exact) mass is 294 g/mol. The van der Waals surface area contributed by atoms with Crippen LogP contribution in [0.5, 0.6) is 11.5 Å². The number of ether oxygens (including phenoxy) is 3. The minimum absolute atomic E-state index is 0.151. The summed E-state index contributed by atoms with van der Waals surface area (Å²) >= 11 is 0. The first-order chi connectivity index (χ1) is 10.2. The van der Waals surface area contributed by atoms with Crippen LogP contribution in [0.25, 0.3) is 0 Å². The molecule has 0 amide bonds. The minimum Gasteiger partial charge on any atom is -0.497 e. The van der Waals surface area contributed by atoms with Crippen molar-refractivity contribution in [3.05, 3.63) is 23.8 Å². The Morgan fingerprint density at radius 1 is 1.29 bits per heavy atom. The van der Waals surface area contributed by atoms with Gasteiger partial charge in [-0.3, -0.25) is 4.90 Å². The van der Waals surface area contributed by atoms with Crippen LogP contribution in [-0.4, -0.2) is 51.5 Å². The van der Waals surface area contributed by atoms with E-state index in [9.17, 15) is 0 Å². The largest absolute Gasteiger partial charge is 0.497 e. The molecule has 0 radical (unpaired) electrons. The van der Waals surface area contributed by atoms with Gasteiger partial charge in [-0.05, 0) is 31.0 Å². The van der Waals surface area contributed by atoms with E-state index in [-0.39, 0.29) is 12.1 Å². The first kappa shape index (κ1) is 16.1. The standard InChI is InChI=1S/C16H26N2O3/c1-12-11-18(5-4-6-21-12)16(10-17)13-7-14(19-2)9-15(8-13)20-3/h7-9,12,16H,4-6,10-11,17H2,1-3H3. The van der Waals surface area contributed by atoms with Crippen molar-refractivity contribution in [3.63, 3.8) is 0 Å². The Kier molecular flexibility index (Phi) is 5.85. The molecule has 0 bridgehead atoms. The third kappa shape index (κ3) is 4.09. The van der Waals surface area contributed by atoms with Crippen LogP contribution in [0, 0.1) is 0 Å². The van der Waals surface area contributed by atoms with Crippen molar-refractivity contribution in [1.82, 2.24) is 4.90 Å². The minimum atomic E-state index is 0.151. The lowest BCUT2D eigenvalue weighted by molar-refractivity contribution is 0.0611. The maximum Gasteiger partial charge on any atom is 0.122 e. The second-order valence-electron chi connectivity index (χ2n) is 5.43. The molecule has 2 unspecified atom stereocenters. The molecular formula is C16H26N2O3. The van der Waals surface area contributed by atoms with E-state index in [1.165, 1.54) is 0 Å². The fraction of sp³-hybridized carbons (Fsp3) is 0.625. The first-order valence-corrected chi connectivity index (χ1v) is 7.46. The first-order valence-electron chi connectivity index (χ1n) is 7.46. The zero-order valence-electron chi connectivity index (χ0n) is 13.2. The lowest BCUT2D eigenvalue weighted by Crippen LogP contribution is -2.37. The Morgan fingerprint density at radius 2 is 1.95 bits per heavy atom. The van der Waals surface area contributed by atoms with Crippen molar-refractivity contribution in [2.75, 3.05) is 40.5 Å². The van der Waals surface area contributed by atoms with Crippen LogP contribution >= 0.6 is 0 Å². The Morgan fingerprint density at radius 3 is 2.52 bits per heavy atom. The molecule has 21 heavy (non-hydrogen) atoms. The molecular weight excluding hydrogens is 268 g/mol.